The normalized spacial score (nSPS) is 18.6. The van der Waals surface area contributed by atoms with Crippen LogP contribution in [0.3, 0.4) is 0 Å². The first-order chi connectivity index (χ1) is 10.8. The molecular formula is C18H25N3O. The van der Waals surface area contributed by atoms with Crippen LogP contribution >= 0.6 is 0 Å². The van der Waals surface area contributed by atoms with E-state index in [0.29, 0.717) is 6.04 Å². The van der Waals surface area contributed by atoms with Gasteiger partial charge in [-0.3, -0.25) is 14.8 Å². The van der Waals surface area contributed by atoms with Gasteiger partial charge in [-0.1, -0.05) is 31.2 Å². The van der Waals surface area contributed by atoms with E-state index in [9.17, 15) is 5.11 Å². The van der Waals surface area contributed by atoms with Crippen molar-refractivity contribution in [3.63, 3.8) is 0 Å². The third kappa shape index (κ3) is 3.29. The molecule has 1 N–H and O–H groups in total. The standard InChI is InChI=1S/C18H25N3O/c1-2-17(14-22)21-11-9-20(10-12-21)13-16-6-3-5-15-7-4-8-19-18(15)16/h3-8,17,22H,2,9-14H2,1H3. The molecule has 2 aromatic rings. The Morgan fingerprint density at radius 2 is 1.91 bits per heavy atom. The average molecular weight is 299 g/mol. The summed E-state index contributed by atoms with van der Waals surface area (Å²) in [5, 5.41) is 10.6. The summed E-state index contributed by atoms with van der Waals surface area (Å²) in [6.45, 7) is 7.56. The van der Waals surface area contributed by atoms with Crippen LogP contribution in [0.1, 0.15) is 18.9 Å². The van der Waals surface area contributed by atoms with Gasteiger partial charge in [0.05, 0.1) is 12.1 Å². The summed E-state index contributed by atoms with van der Waals surface area (Å²) in [7, 11) is 0. The van der Waals surface area contributed by atoms with Gasteiger partial charge in [-0.15, -0.1) is 0 Å². The number of para-hydroxylation sites is 1. The topological polar surface area (TPSA) is 39.6 Å². The minimum Gasteiger partial charge on any atom is -0.395 e. The van der Waals surface area contributed by atoms with E-state index in [0.717, 1.165) is 44.7 Å². The Morgan fingerprint density at radius 1 is 1.14 bits per heavy atom. The first-order valence-corrected chi connectivity index (χ1v) is 8.21. The predicted molar refractivity (Wildman–Crippen MR) is 89.8 cm³/mol. The van der Waals surface area contributed by atoms with Gasteiger partial charge < -0.3 is 5.11 Å². The van der Waals surface area contributed by atoms with E-state index >= 15 is 0 Å². The molecule has 1 aliphatic rings. The van der Waals surface area contributed by atoms with Crippen molar-refractivity contribution in [1.82, 2.24) is 14.8 Å². The lowest BCUT2D eigenvalue weighted by molar-refractivity contribution is 0.0609. The van der Waals surface area contributed by atoms with E-state index in [1.54, 1.807) is 0 Å². The lowest BCUT2D eigenvalue weighted by Gasteiger charge is -2.38. The Balaban J connectivity index is 1.65. The number of fused-ring (bicyclic) bond motifs is 1. The number of nitrogens with zero attached hydrogens (tertiary/aromatic N) is 3. The molecule has 1 unspecified atom stereocenters. The Morgan fingerprint density at radius 3 is 2.64 bits per heavy atom. The molecule has 1 aliphatic heterocycles. The van der Waals surface area contributed by atoms with Crippen molar-refractivity contribution in [2.75, 3.05) is 32.8 Å². The van der Waals surface area contributed by atoms with Gasteiger partial charge in [0.15, 0.2) is 0 Å². The van der Waals surface area contributed by atoms with Crippen LogP contribution in [-0.4, -0.2) is 58.7 Å². The lowest BCUT2D eigenvalue weighted by Crippen LogP contribution is -2.50. The highest BCUT2D eigenvalue weighted by Crippen LogP contribution is 2.19. The van der Waals surface area contributed by atoms with Gasteiger partial charge in [0, 0.05) is 50.3 Å². The van der Waals surface area contributed by atoms with Gasteiger partial charge in [0.25, 0.3) is 0 Å². The Hall–Kier alpha value is -1.49. The van der Waals surface area contributed by atoms with Crippen molar-refractivity contribution in [2.45, 2.75) is 25.9 Å². The van der Waals surface area contributed by atoms with E-state index < -0.39 is 0 Å². The number of hydrogen-bond acceptors (Lipinski definition) is 4. The molecule has 1 aromatic heterocycles. The molecule has 2 heterocycles. The second-order valence-corrected chi connectivity index (χ2v) is 6.05. The summed E-state index contributed by atoms with van der Waals surface area (Å²) in [6.07, 6.45) is 2.89. The van der Waals surface area contributed by atoms with Gasteiger partial charge in [0.2, 0.25) is 0 Å². The SMILES string of the molecule is CCC(CO)N1CCN(Cc2cccc3cccnc23)CC1. The summed E-state index contributed by atoms with van der Waals surface area (Å²) in [4.78, 5) is 9.45. The molecule has 1 saturated heterocycles. The van der Waals surface area contributed by atoms with E-state index in [4.69, 9.17) is 0 Å². The highest BCUT2D eigenvalue weighted by molar-refractivity contribution is 5.81. The van der Waals surface area contributed by atoms with Crippen molar-refractivity contribution < 1.29 is 5.11 Å². The smallest absolute Gasteiger partial charge is 0.0746 e. The van der Waals surface area contributed by atoms with Crippen molar-refractivity contribution in [3.05, 3.63) is 42.1 Å². The average Bonchev–Trinajstić information content (AvgIpc) is 2.58. The van der Waals surface area contributed by atoms with Gasteiger partial charge >= 0.3 is 0 Å². The number of aliphatic hydroxyl groups excluding tert-OH is 1. The number of benzene rings is 1. The lowest BCUT2D eigenvalue weighted by atomic mass is 10.1. The predicted octanol–water partition coefficient (Wildman–Crippen LogP) is 2.12. The molecule has 3 rings (SSSR count). The van der Waals surface area contributed by atoms with E-state index in [1.165, 1.54) is 10.9 Å². The Kier molecular flexibility index (Phi) is 5.03. The van der Waals surface area contributed by atoms with Crippen LogP contribution in [-0.2, 0) is 6.54 Å². The third-order valence-corrected chi connectivity index (χ3v) is 4.72. The summed E-state index contributed by atoms with van der Waals surface area (Å²) >= 11 is 0. The molecule has 0 radical (unpaired) electrons. The Bertz CT molecular complexity index is 599. The number of piperazine rings is 1. The van der Waals surface area contributed by atoms with Crippen LogP contribution < -0.4 is 0 Å². The van der Waals surface area contributed by atoms with Gasteiger partial charge in [-0.05, 0) is 18.1 Å². The molecule has 22 heavy (non-hydrogen) atoms. The summed E-state index contributed by atoms with van der Waals surface area (Å²) in [6, 6.07) is 10.9. The number of rotatable bonds is 5. The molecule has 4 heteroatoms. The molecule has 0 amide bonds. The molecule has 0 spiro atoms. The van der Waals surface area contributed by atoms with Crippen LogP contribution in [0.25, 0.3) is 10.9 Å². The monoisotopic (exact) mass is 299 g/mol. The van der Waals surface area contributed by atoms with Crippen molar-refractivity contribution >= 4 is 10.9 Å². The molecule has 0 bridgehead atoms. The summed E-state index contributed by atoms with van der Waals surface area (Å²) in [5.41, 5.74) is 2.43. The van der Waals surface area contributed by atoms with Gasteiger partial charge in [0.1, 0.15) is 0 Å². The molecule has 0 saturated carbocycles. The zero-order chi connectivity index (χ0) is 15.4. The first kappa shape index (κ1) is 15.4. The van der Waals surface area contributed by atoms with E-state index in [1.807, 2.05) is 12.3 Å². The maximum Gasteiger partial charge on any atom is 0.0746 e. The minimum atomic E-state index is 0.268. The van der Waals surface area contributed by atoms with E-state index in [-0.39, 0.29) is 6.61 Å². The number of pyridine rings is 1. The number of aliphatic hydroxyl groups is 1. The Labute approximate surface area is 132 Å². The summed E-state index contributed by atoms with van der Waals surface area (Å²) < 4.78 is 0. The third-order valence-electron chi connectivity index (χ3n) is 4.72. The van der Waals surface area contributed by atoms with Crippen LogP contribution in [0, 0.1) is 0 Å². The quantitative estimate of drug-likeness (QED) is 0.918. The minimum absolute atomic E-state index is 0.268. The maximum absolute atomic E-state index is 9.43. The first-order valence-electron chi connectivity index (χ1n) is 8.21. The molecule has 4 nitrogen and oxygen atoms in total. The van der Waals surface area contributed by atoms with E-state index in [2.05, 4.69) is 46.0 Å². The largest absolute Gasteiger partial charge is 0.395 e. The molecule has 1 aromatic carbocycles. The molecule has 1 fully saturated rings. The fraction of sp³-hybridized carbons (Fsp3) is 0.500. The zero-order valence-corrected chi connectivity index (χ0v) is 13.3. The van der Waals surface area contributed by atoms with Crippen LogP contribution in [0.4, 0.5) is 0 Å². The molecular weight excluding hydrogens is 274 g/mol. The maximum atomic E-state index is 9.43. The van der Waals surface area contributed by atoms with Crippen LogP contribution in [0.5, 0.6) is 0 Å². The van der Waals surface area contributed by atoms with Crippen LogP contribution in [0.15, 0.2) is 36.5 Å². The van der Waals surface area contributed by atoms with Crippen molar-refractivity contribution in [3.8, 4) is 0 Å². The second kappa shape index (κ2) is 7.18. The fourth-order valence-electron chi connectivity index (χ4n) is 3.33. The summed E-state index contributed by atoms with van der Waals surface area (Å²) in [5.74, 6) is 0. The zero-order valence-electron chi connectivity index (χ0n) is 13.3. The second-order valence-electron chi connectivity index (χ2n) is 6.05. The van der Waals surface area contributed by atoms with Gasteiger partial charge in [-0.25, -0.2) is 0 Å². The molecule has 1 atom stereocenters. The van der Waals surface area contributed by atoms with Gasteiger partial charge in [-0.2, -0.15) is 0 Å². The fourth-order valence-corrected chi connectivity index (χ4v) is 3.33. The van der Waals surface area contributed by atoms with Crippen LogP contribution in [0.2, 0.25) is 0 Å². The van der Waals surface area contributed by atoms with Crippen molar-refractivity contribution in [2.24, 2.45) is 0 Å². The highest BCUT2D eigenvalue weighted by atomic mass is 16.3. The number of aromatic nitrogens is 1. The number of hydrogen-bond donors (Lipinski definition) is 1. The highest BCUT2D eigenvalue weighted by Gasteiger charge is 2.22. The molecule has 118 valence electrons. The van der Waals surface area contributed by atoms with Crippen molar-refractivity contribution in [1.29, 1.82) is 0 Å². The molecule has 0 aliphatic carbocycles.